The third-order valence-corrected chi connectivity index (χ3v) is 9.16. The highest BCUT2D eigenvalue weighted by Gasteiger charge is 2.35. The van der Waals surface area contributed by atoms with Crippen molar-refractivity contribution in [1.82, 2.24) is 15.1 Å². The lowest BCUT2D eigenvalue weighted by Gasteiger charge is -2.34. The van der Waals surface area contributed by atoms with Crippen LogP contribution in [0.25, 0.3) is 0 Å². The molecule has 4 rings (SSSR count). The molecule has 0 radical (unpaired) electrons. The lowest BCUT2D eigenvalue weighted by atomic mass is 9.94. The molecule has 1 aliphatic heterocycles. The smallest absolute Gasteiger partial charge is 0.248 e. The molecule has 2 amide bonds. The van der Waals surface area contributed by atoms with Gasteiger partial charge in [-0.1, -0.05) is 64.3 Å². The molecule has 1 saturated carbocycles. The van der Waals surface area contributed by atoms with Crippen molar-refractivity contribution in [2.75, 3.05) is 57.2 Å². The molecule has 0 aromatic heterocycles. The van der Waals surface area contributed by atoms with Crippen LogP contribution in [0.4, 0.5) is 5.69 Å². The van der Waals surface area contributed by atoms with Crippen LogP contribution in [0, 0.1) is 0 Å². The number of piperazine rings is 1. The summed E-state index contributed by atoms with van der Waals surface area (Å²) < 4.78 is 6.08. The van der Waals surface area contributed by atoms with Crippen LogP contribution in [0.5, 0.6) is 5.75 Å². The largest absolute Gasteiger partial charge is 0.494 e. The average molecular weight is 611 g/mol. The van der Waals surface area contributed by atoms with Crippen molar-refractivity contribution in [3.63, 3.8) is 0 Å². The van der Waals surface area contributed by atoms with Crippen LogP contribution in [0.1, 0.15) is 87.9 Å². The van der Waals surface area contributed by atoms with Crippen LogP contribution in [0.15, 0.2) is 42.5 Å². The maximum atomic E-state index is 14.1. The normalized spacial score (nSPS) is 17.5. The Morgan fingerprint density at radius 3 is 2.30 bits per heavy atom. The number of hydrogen-bond donors (Lipinski definition) is 1. The molecule has 2 aliphatic rings. The average Bonchev–Trinajstić information content (AvgIpc) is 3.03. The van der Waals surface area contributed by atoms with Gasteiger partial charge in [0.15, 0.2) is 0 Å². The van der Waals surface area contributed by atoms with Crippen molar-refractivity contribution in [3.8, 4) is 5.75 Å². The first-order valence-corrected chi connectivity index (χ1v) is 16.8. The molecule has 1 N–H and O–H groups in total. The minimum Gasteiger partial charge on any atom is -0.494 e. The van der Waals surface area contributed by atoms with E-state index in [-0.39, 0.29) is 23.7 Å². The van der Waals surface area contributed by atoms with E-state index in [9.17, 15) is 9.59 Å². The van der Waals surface area contributed by atoms with Crippen molar-refractivity contribution in [2.24, 2.45) is 0 Å². The van der Waals surface area contributed by atoms with Gasteiger partial charge in [-0.3, -0.25) is 14.5 Å². The van der Waals surface area contributed by atoms with Crippen LogP contribution in [-0.2, 0) is 16.0 Å². The van der Waals surface area contributed by atoms with Gasteiger partial charge in [-0.2, -0.15) is 0 Å². The number of nitrogens with one attached hydrogen (secondary N) is 1. The molecule has 1 unspecified atom stereocenters. The number of hydrogen-bond acceptors (Lipinski definition) is 5. The first kappa shape index (κ1) is 33.3. The number of anilines is 1. The van der Waals surface area contributed by atoms with E-state index in [1.807, 2.05) is 30.3 Å². The SMILES string of the molecule is CCc1cc(C(C)C)ccc1N(C(=O)CCl)C(C(=O)NC1CCCCC1)c1ccc(OCCCN2CCN(C)CC2)cc1. The summed E-state index contributed by atoms with van der Waals surface area (Å²) in [6.07, 6.45) is 7.04. The second kappa shape index (κ2) is 16.5. The molecule has 7 nitrogen and oxygen atoms in total. The maximum absolute atomic E-state index is 14.1. The fourth-order valence-electron chi connectivity index (χ4n) is 6.21. The van der Waals surface area contributed by atoms with Crippen molar-refractivity contribution in [3.05, 3.63) is 59.2 Å². The maximum Gasteiger partial charge on any atom is 0.248 e. The molecule has 1 heterocycles. The molecular weight excluding hydrogens is 560 g/mol. The number of rotatable bonds is 13. The van der Waals surface area contributed by atoms with Crippen LogP contribution in [0.3, 0.4) is 0 Å². The van der Waals surface area contributed by atoms with Crippen LogP contribution in [0.2, 0.25) is 0 Å². The highest BCUT2D eigenvalue weighted by Crippen LogP contribution is 2.34. The topological polar surface area (TPSA) is 65.1 Å². The monoisotopic (exact) mass is 610 g/mol. The first-order valence-electron chi connectivity index (χ1n) is 16.3. The molecule has 2 fully saturated rings. The van der Waals surface area contributed by atoms with Gasteiger partial charge in [0.05, 0.1) is 6.61 Å². The molecular formula is C35H51ClN4O3. The summed E-state index contributed by atoms with van der Waals surface area (Å²) in [6.45, 7) is 12.5. The Morgan fingerprint density at radius 2 is 1.67 bits per heavy atom. The highest BCUT2D eigenvalue weighted by atomic mass is 35.5. The third-order valence-electron chi connectivity index (χ3n) is 8.93. The Kier molecular flexibility index (Phi) is 12.7. The number of ether oxygens (including phenoxy) is 1. The predicted octanol–water partition coefficient (Wildman–Crippen LogP) is 6.15. The summed E-state index contributed by atoms with van der Waals surface area (Å²) in [5, 5.41) is 3.29. The number of benzene rings is 2. The molecule has 43 heavy (non-hydrogen) atoms. The first-order chi connectivity index (χ1) is 20.8. The fraction of sp³-hybridized carbons (Fsp3) is 0.600. The minimum absolute atomic E-state index is 0.119. The molecule has 2 aromatic carbocycles. The van der Waals surface area contributed by atoms with E-state index in [1.165, 1.54) is 12.0 Å². The quantitative estimate of drug-likeness (QED) is 0.218. The second-order valence-electron chi connectivity index (χ2n) is 12.5. The summed E-state index contributed by atoms with van der Waals surface area (Å²) in [5.41, 5.74) is 3.72. The van der Waals surface area contributed by atoms with Gasteiger partial charge in [-0.15, -0.1) is 11.6 Å². The van der Waals surface area contributed by atoms with E-state index < -0.39 is 6.04 Å². The van der Waals surface area contributed by atoms with E-state index in [1.54, 1.807) is 4.90 Å². The molecule has 0 bridgehead atoms. The lowest BCUT2D eigenvalue weighted by Crippen LogP contribution is -2.48. The molecule has 236 valence electrons. The molecule has 1 saturated heterocycles. The molecule has 8 heteroatoms. The van der Waals surface area contributed by atoms with Gasteiger partial charge >= 0.3 is 0 Å². The number of carbonyl (C=O) groups excluding carboxylic acids is 2. The summed E-state index contributed by atoms with van der Waals surface area (Å²) >= 11 is 6.21. The summed E-state index contributed by atoms with van der Waals surface area (Å²) in [4.78, 5) is 34.2. The number of likely N-dealkylation sites (N-methyl/N-ethyl adjacent to an activating group) is 1. The zero-order valence-corrected chi connectivity index (χ0v) is 27.4. The van der Waals surface area contributed by atoms with Crippen LogP contribution < -0.4 is 15.0 Å². The Bertz CT molecular complexity index is 1170. The Balaban J connectivity index is 1.56. The Hall–Kier alpha value is -2.61. The van der Waals surface area contributed by atoms with Crippen molar-refractivity contribution in [1.29, 1.82) is 0 Å². The third kappa shape index (κ3) is 9.19. The number of carbonyl (C=O) groups is 2. The summed E-state index contributed by atoms with van der Waals surface area (Å²) in [6, 6.07) is 13.1. The van der Waals surface area contributed by atoms with Gasteiger partial charge in [0.25, 0.3) is 0 Å². The summed E-state index contributed by atoms with van der Waals surface area (Å²) in [5.74, 6) is 0.454. The number of amides is 2. The van der Waals surface area contributed by atoms with E-state index in [4.69, 9.17) is 16.3 Å². The van der Waals surface area contributed by atoms with E-state index in [0.717, 1.165) is 93.8 Å². The van der Waals surface area contributed by atoms with Crippen molar-refractivity contribution in [2.45, 2.75) is 83.7 Å². The van der Waals surface area contributed by atoms with Gasteiger partial charge in [0, 0.05) is 44.5 Å². The van der Waals surface area contributed by atoms with Crippen molar-refractivity contribution < 1.29 is 14.3 Å². The standard InChI is InChI=1S/C35H51ClN4O3/c1-5-27-24-29(26(2)3)14-17-32(27)40(33(41)25-36)34(35(42)37-30-10-7-6-8-11-30)28-12-15-31(16-13-28)43-23-9-18-39-21-19-38(4)20-22-39/h12-17,24,26,30,34H,5-11,18-23,25H2,1-4H3,(H,37,42). The Labute approximate surface area is 263 Å². The number of halogens is 1. The molecule has 1 aliphatic carbocycles. The Morgan fingerprint density at radius 1 is 1.00 bits per heavy atom. The highest BCUT2D eigenvalue weighted by molar-refractivity contribution is 6.30. The number of alkyl halides is 1. The lowest BCUT2D eigenvalue weighted by molar-refractivity contribution is -0.126. The van der Waals surface area contributed by atoms with Crippen LogP contribution in [-0.4, -0.2) is 79.9 Å². The minimum atomic E-state index is -0.838. The van der Waals surface area contributed by atoms with Gasteiger partial charge < -0.3 is 19.9 Å². The van der Waals surface area contributed by atoms with Gasteiger partial charge in [-0.25, -0.2) is 0 Å². The van der Waals surface area contributed by atoms with Gasteiger partial charge in [-0.05, 0) is 73.5 Å². The zero-order chi connectivity index (χ0) is 30.8. The summed E-state index contributed by atoms with van der Waals surface area (Å²) in [7, 11) is 2.17. The zero-order valence-electron chi connectivity index (χ0n) is 26.6. The van der Waals surface area contributed by atoms with E-state index in [2.05, 4.69) is 55.1 Å². The van der Waals surface area contributed by atoms with Gasteiger partial charge in [0.1, 0.15) is 17.7 Å². The fourth-order valence-corrected chi connectivity index (χ4v) is 6.33. The number of nitrogens with zero attached hydrogens (tertiary/aromatic N) is 3. The number of aryl methyl sites for hydroxylation is 1. The van der Waals surface area contributed by atoms with Crippen molar-refractivity contribution >= 4 is 29.1 Å². The van der Waals surface area contributed by atoms with Crippen LogP contribution >= 0.6 is 11.6 Å². The predicted molar refractivity (Wildman–Crippen MR) is 176 cm³/mol. The van der Waals surface area contributed by atoms with E-state index in [0.29, 0.717) is 12.5 Å². The second-order valence-corrected chi connectivity index (χ2v) is 12.7. The molecule has 0 spiro atoms. The van der Waals surface area contributed by atoms with Gasteiger partial charge in [0.2, 0.25) is 11.8 Å². The molecule has 1 atom stereocenters. The molecule has 2 aromatic rings. The van der Waals surface area contributed by atoms with E-state index >= 15 is 0 Å².